The molecular weight excluding hydrogens is 464 g/mol. The van der Waals surface area contributed by atoms with Gasteiger partial charge in [0.15, 0.2) is 0 Å². The van der Waals surface area contributed by atoms with Crippen LogP contribution in [0.2, 0.25) is 0 Å². The number of hydrogen-bond donors (Lipinski definition) is 0. The summed E-state index contributed by atoms with van der Waals surface area (Å²) in [6.45, 7) is 7.06. The largest absolute Gasteiger partial charge is 0.456 e. The summed E-state index contributed by atoms with van der Waals surface area (Å²) in [6.07, 6.45) is 2.82. The fraction of sp³-hybridized carbons (Fsp3) is 0.417. The zero-order valence-corrected chi connectivity index (χ0v) is 20.4. The number of halogens is 2. The van der Waals surface area contributed by atoms with Gasteiger partial charge >= 0.3 is 11.7 Å². The van der Waals surface area contributed by atoms with Crippen LogP contribution in [0.5, 0.6) is 0 Å². The Morgan fingerprint density at radius 3 is 2.53 bits per heavy atom. The van der Waals surface area contributed by atoms with Crippen LogP contribution in [0.3, 0.4) is 0 Å². The minimum Gasteiger partial charge on any atom is -0.456 e. The zero-order chi connectivity index (χ0) is 25.0. The lowest BCUT2D eigenvalue weighted by Gasteiger charge is -2.19. The van der Waals surface area contributed by atoms with Crippen molar-refractivity contribution in [1.29, 1.82) is 0 Å². The van der Waals surface area contributed by atoms with Crippen LogP contribution < -0.4 is 11.2 Å². The second kappa shape index (κ2) is 10.4. The standard InChI is InChI=1S/C24H27F2N3O4S/c1-5-16-18-20(30)28(13-10-15-8-6-11-27-14-15)23(32)29(12-7-9-17(25)26)21(18)34-19(16)22(31)33-24(2,3)4/h6,8-9,11,14H,5,7,10,12-13H2,1-4H3. The molecule has 0 saturated carbocycles. The number of thiophene rings is 1. The number of rotatable bonds is 8. The van der Waals surface area contributed by atoms with Crippen molar-refractivity contribution in [3.63, 3.8) is 0 Å². The Hall–Kier alpha value is -3.14. The molecule has 0 aliphatic heterocycles. The van der Waals surface area contributed by atoms with Crippen LogP contribution in [0.4, 0.5) is 8.78 Å². The monoisotopic (exact) mass is 491 g/mol. The third-order valence-electron chi connectivity index (χ3n) is 5.09. The predicted octanol–water partition coefficient (Wildman–Crippen LogP) is 4.55. The third kappa shape index (κ3) is 5.67. The van der Waals surface area contributed by atoms with E-state index < -0.39 is 28.9 Å². The molecule has 7 nitrogen and oxygen atoms in total. The first-order chi connectivity index (χ1) is 16.0. The molecule has 0 aromatic carbocycles. The number of ether oxygens (including phenoxy) is 1. The van der Waals surface area contributed by atoms with Crippen molar-refractivity contribution in [2.45, 2.75) is 65.6 Å². The molecule has 0 aliphatic carbocycles. The topological polar surface area (TPSA) is 83.2 Å². The van der Waals surface area contributed by atoms with E-state index in [1.807, 2.05) is 13.0 Å². The number of nitrogens with zero attached hydrogens (tertiary/aromatic N) is 3. The quantitative estimate of drug-likeness (QED) is 0.432. The summed E-state index contributed by atoms with van der Waals surface area (Å²) in [5, 5.41) is 0.254. The smallest absolute Gasteiger partial charge is 0.349 e. The van der Waals surface area contributed by atoms with Crippen LogP contribution in [0, 0.1) is 0 Å². The van der Waals surface area contributed by atoms with Gasteiger partial charge in [0.05, 0.1) is 5.39 Å². The Kier molecular flexibility index (Phi) is 7.81. The Labute approximate surface area is 199 Å². The number of carbonyl (C=O) groups excluding carboxylic acids is 1. The molecule has 0 N–H and O–H groups in total. The van der Waals surface area contributed by atoms with Crippen LogP contribution >= 0.6 is 11.3 Å². The molecule has 0 bridgehead atoms. The number of pyridine rings is 1. The summed E-state index contributed by atoms with van der Waals surface area (Å²) in [6, 6.07) is 3.60. The summed E-state index contributed by atoms with van der Waals surface area (Å²) in [5.74, 6) is -0.583. The van der Waals surface area contributed by atoms with Gasteiger partial charge in [0, 0.05) is 25.5 Å². The van der Waals surface area contributed by atoms with Gasteiger partial charge in [-0.05, 0) is 63.3 Å². The van der Waals surface area contributed by atoms with Gasteiger partial charge in [0.2, 0.25) is 0 Å². The summed E-state index contributed by atoms with van der Waals surface area (Å²) < 4.78 is 33.2. The Bertz CT molecular complexity index is 1330. The van der Waals surface area contributed by atoms with Gasteiger partial charge in [-0.1, -0.05) is 13.0 Å². The van der Waals surface area contributed by atoms with Crippen LogP contribution in [0.15, 0.2) is 46.3 Å². The molecule has 0 aliphatic rings. The van der Waals surface area contributed by atoms with Crippen LogP contribution in [-0.2, 0) is 30.7 Å². The molecule has 34 heavy (non-hydrogen) atoms. The maximum Gasteiger partial charge on any atom is 0.349 e. The van der Waals surface area contributed by atoms with E-state index in [1.165, 1.54) is 4.57 Å². The van der Waals surface area contributed by atoms with Gasteiger partial charge in [0.25, 0.3) is 11.6 Å². The van der Waals surface area contributed by atoms with E-state index in [0.29, 0.717) is 18.4 Å². The van der Waals surface area contributed by atoms with E-state index in [0.717, 1.165) is 27.5 Å². The number of aryl methyl sites for hydroxylation is 3. The number of carbonyl (C=O) groups is 1. The molecule has 0 atom stereocenters. The summed E-state index contributed by atoms with van der Waals surface area (Å²) in [4.78, 5) is 44.2. The average Bonchev–Trinajstić information content (AvgIpc) is 3.15. The Balaban J connectivity index is 2.20. The van der Waals surface area contributed by atoms with Crippen LogP contribution in [0.1, 0.15) is 54.9 Å². The highest BCUT2D eigenvalue weighted by Crippen LogP contribution is 2.31. The highest BCUT2D eigenvalue weighted by atomic mass is 32.1. The predicted molar refractivity (Wildman–Crippen MR) is 128 cm³/mol. The average molecular weight is 492 g/mol. The van der Waals surface area contributed by atoms with Crippen molar-refractivity contribution in [3.05, 3.63) is 73.5 Å². The van der Waals surface area contributed by atoms with Gasteiger partial charge in [-0.15, -0.1) is 11.3 Å². The molecular formula is C24H27F2N3O4S. The lowest BCUT2D eigenvalue weighted by Crippen LogP contribution is -2.40. The van der Waals surface area contributed by atoms with Crippen molar-refractivity contribution >= 4 is 27.5 Å². The molecule has 10 heteroatoms. The first-order valence-electron chi connectivity index (χ1n) is 11.0. The molecule has 0 fully saturated rings. The summed E-state index contributed by atoms with van der Waals surface area (Å²) in [7, 11) is 0. The lowest BCUT2D eigenvalue weighted by molar-refractivity contribution is 0.00743. The van der Waals surface area contributed by atoms with E-state index in [-0.39, 0.29) is 34.6 Å². The van der Waals surface area contributed by atoms with Gasteiger partial charge in [-0.2, -0.15) is 8.78 Å². The van der Waals surface area contributed by atoms with Crippen LogP contribution in [0.25, 0.3) is 10.2 Å². The number of fused-ring (bicyclic) bond motifs is 1. The van der Waals surface area contributed by atoms with Crippen LogP contribution in [-0.4, -0.2) is 25.7 Å². The molecule has 0 amide bonds. The molecule has 3 rings (SSSR count). The Morgan fingerprint density at radius 1 is 1.21 bits per heavy atom. The summed E-state index contributed by atoms with van der Waals surface area (Å²) >= 11 is 0.991. The molecule has 3 aromatic rings. The normalized spacial score (nSPS) is 11.6. The van der Waals surface area contributed by atoms with E-state index in [2.05, 4.69) is 4.98 Å². The second-order valence-corrected chi connectivity index (χ2v) is 9.73. The first-order valence-corrected chi connectivity index (χ1v) is 11.8. The minimum absolute atomic E-state index is 0.0583. The zero-order valence-electron chi connectivity index (χ0n) is 19.6. The van der Waals surface area contributed by atoms with Gasteiger partial charge in [0.1, 0.15) is 15.3 Å². The maximum absolute atomic E-state index is 13.5. The Morgan fingerprint density at radius 2 is 1.94 bits per heavy atom. The highest BCUT2D eigenvalue weighted by Gasteiger charge is 2.27. The maximum atomic E-state index is 13.5. The number of hydrogen-bond acceptors (Lipinski definition) is 6. The number of esters is 1. The molecule has 0 unspecified atom stereocenters. The fourth-order valence-electron chi connectivity index (χ4n) is 3.63. The van der Waals surface area contributed by atoms with Crippen molar-refractivity contribution in [2.75, 3.05) is 0 Å². The summed E-state index contributed by atoms with van der Waals surface area (Å²) in [5.41, 5.74) is -0.511. The van der Waals surface area contributed by atoms with Gasteiger partial charge in [-0.3, -0.25) is 18.9 Å². The van der Waals surface area contributed by atoms with Crippen molar-refractivity contribution in [3.8, 4) is 0 Å². The molecule has 0 radical (unpaired) electrons. The van der Waals surface area contributed by atoms with Crippen molar-refractivity contribution in [1.82, 2.24) is 14.1 Å². The number of allylic oxidation sites excluding steroid dienone is 1. The SMILES string of the molecule is CCc1c(C(=O)OC(C)(C)C)sc2c1c(=O)n(CCc1cccnc1)c(=O)n2CCC=C(F)F. The molecule has 182 valence electrons. The molecule has 0 spiro atoms. The highest BCUT2D eigenvalue weighted by molar-refractivity contribution is 7.20. The van der Waals surface area contributed by atoms with E-state index in [9.17, 15) is 23.2 Å². The first kappa shape index (κ1) is 25.5. The third-order valence-corrected chi connectivity index (χ3v) is 6.33. The molecule has 0 saturated heterocycles. The van der Waals surface area contributed by atoms with Gasteiger partial charge in [-0.25, -0.2) is 9.59 Å². The van der Waals surface area contributed by atoms with Gasteiger partial charge < -0.3 is 4.74 Å². The number of aromatic nitrogens is 3. The minimum atomic E-state index is -1.84. The fourth-order valence-corrected chi connectivity index (χ4v) is 4.91. The van der Waals surface area contributed by atoms with E-state index in [1.54, 1.807) is 39.2 Å². The molecule has 3 heterocycles. The van der Waals surface area contributed by atoms with Crippen molar-refractivity contribution in [2.24, 2.45) is 0 Å². The van der Waals surface area contributed by atoms with Crippen molar-refractivity contribution < 1.29 is 18.3 Å². The second-order valence-electron chi connectivity index (χ2n) is 8.73. The van der Waals surface area contributed by atoms with E-state index in [4.69, 9.17) is 4.74 Å². The lowest BCUT2D eigenvalue weighted by atomic mass is 10.1. The molecule has 3 aromatic heterocycles. The van der Waals surface area contributed by atoms with E-state index >= 15 is 0 Å².